The van der Waals surface area contributed by atoms with Gasteiger partial charge >= 0.3 is 6.18 Å². The van der Waals surface area contributed by atoms with Gasteiger partial charge in [0.05, 0.1) is 12.1 Å². The highest BCUT2D eigenvalue weighted by molar-refractivity contribution is 5.96. The van der Waals surface area contributed by atoms with E-state index in [0.29, 0.717) is 44.5 Å². The SMILES string of the molecule is O=C(c1ccc(C(F)(F)F)cn1)C1CCN(Cc2ccc(-c3nnn(CCF)n3)cc2)CC1. The third-order valence-corrected chi connectivity index (χ3v) is 5.66. The topological polar surface area (TPSA) is 76.8 Å². The van der Waals surface area contributed by atoms with Gasteiger partial charge in [-0.05, 0) is 48.8 Å². The van der Waals surface area contributed by atoms with Gasteiger partial charge in [0.1, 0.15) is 12.4 Å². The van der Waals surface area contributed by atoms with E-state index in [0.717, 1.165) is 23.3 Å². The van der Waals surface area contributed by atoms with Crippen molar-refractivity contribution in [3.05, 3.63) is 59.4 Å². The van der Waals surface area contributed by atoms with Gasteiger partial charge in [0, 0.05) is 24.2 Å². The van der Waals surface area contributed by atoms with Crippen LogP contribution >= 0.6 is 0 Å². The lowest BCUT2D eigenvalue weighted by Crippen LogP contribution is -2.36. The number of aromatic nitrogens is 5. The molecule has 1 aliphatic heterocycles. The van der Waals surface area contributed by atoms with E-state index in [1.165, 1.54) is 4.80 Å². The van der Waals surface area contributed by atoms with Crippen LogP contribution in [0, 0.1) is 5.92 Å². The van der Waals surface area contributed by atoms with Crippen LogP contribution in [0.3, 0.4) is 0 Å². The zero-order chi connectivity index (χ0) is 23.4. The van der Waals surface area contributed by atoms with Crippen molar-refractivity contribution < 1.29 is 22.4 Å². The van der Waals surface area contributed by atoms with E-state index in [2.05, 4.69) is 25.3 Å². The summed E-state index contributed by atoms with van der Waals surface area (Å²) < 4.78 is 50.4. The number of carbonyl (C=O) groups excluding carboxylic acids is 1. The van der Waals surface area contributed by atoms with Crippen molar-refractivity contribution in [1.82, 2.24) is 30.1 Å². The fourth-order valence-corrected chi connectivity index (χ4v) is 3.82. The highest BCUT2D eigenvalue weighted by atomic mass is 19.4. The number of nitrogens with zero attached hydrogens (tertiary/aromatic N) is 6. The zero-order valence-electron chi connectivity index (χ0n) is 17.7. The maximum Gasteiger partial charge on any atom is 0.417 e. The minimum absolute atomic E-state index is 0.0679. The molecule has 1 aromatic carbocycles. The molecule has 3 heterocycles. The predicted molar refractivity (Wildman–Crippen MR) is 111 cm³/mol. The van der Waals surface area contributed by atoms with Crippen molar-refractivity contribution in [1.29, 1.82) is 0 Å². The van der Waals surface area contributed by atoms with Crippen molar-refractivity contribution in [3.63, 3.8) is 0 Å². The van der Waals surface area contributed by atoms with E-state index in [-0.39, 0.29) is 23.9 Å². The number of carbonyl (C=O) groups is 1. The van der Waals surface area contributed by atoms with Crippen LogP contribution in [0.4, 0.5) is 17.6 Å². The molecule has 0 atom stereocenters. The van der Waals surface area contributed by atoms with Crippen molar-refractivity contribution in [2.75, 3.05) is 19.8 Å². The highest BCUT2D eigenvalue weighted by Gasteiger charge is 2.32. The summed E-state index contributed by atoms with van der Waals surface area (Å²) in [5, 5.41) is 11.9. The molecule has 174 valence electrons. The maximum atomic E-state index is 12.7. The number of ketones is 1. The number of aryl methyl sites for hydroxylation is 1. The molecule has 1 aliphatic rings. The molecule has 0 bridgehead atoms. The summed E-state index contributed by atoms with van der Waals surface area (Å²) in [6.07, 6.45) is -2.51. The van der Waals surface area contributed by atoms with E-state index in [9.17, 15) is 22.4 Å². The standard InChI is InChI=1S/C22H22F4N6O/c23-9-12-32-29-21(28-30-32)17-3-1-15(2-4-17)14-31-10-7-16(8-11-31)20(33)19-6-5-18(13-27-19)22(24,25)26/h1-6,13,16H,7-12,14H2. The lowest BCUT2D eigenvalue weighted by Gasteiger charge is -2.31. The second kappa shape index (κ2) is 9.74. The van der Waals surface area contributed by atoms with Gasteiger partial charge in [-0.25, -0.2) is 4.39 Å². The predicted octanol–water partition coefficient (Wildman–Crippen LogP) is 3.82. The van der Waals surface area contributed by atoms with Crippen LogP contribution in [0.5, 0.6) is 0 Å². The number of alkyl halides is 4. The molecule has 0 N–H and O–H groups in total. The number of benzene rings is 1. The van der Waals surface area contributed by atoms with Gasteiger partial charge in [0.15, 0.2) is 5.78 Å². The van der Waals surface area contributed by atoms with E-state index in [4.69, 9.17) is 0 Å². The summed E-state index contributed by atoms with van der Waals surface area (Å²) in [4.78, 5) is 19.8. The minimum Gasteiger partial charge on any atom is -0.299 e. The van der Waals surface area contributed by atoms with Crippen LogP contribution < -0.4 is 0 Å². The number of rotatable bonds is 7. The second-order valence-corrected chi connectivity index (χ2v) is 7.94. The molecular formula is C22H22F4N6O. The van der Waals surface area contributed by atoms with Gasteiger partial charge in [0.2, 0.25) is 5.82 Å². The first-order chi connectivity index (χ1) is 15.8. The molecule has 1 fully saturated rings. The van der Waals surface area contributed by atoms with Gasteiger partial charge in [-0.1, -0.05) is 24.3 Å². The smallest absolute Gasteiger partial charge is 0.299 e. The molecule has 0 spiro atoms. The summed E-state index contributed by atoms with van der Waals surface area (Å²) >= 11 is 0. The lowest BCUT2D eigenvalue weighted by molar-refractivity contribution is -0.137. The molecule has 33 heavy (non-hydrogen) atoms. The maximum absolute atomic E-state index is 12.7. The number of Topliss-reactive ketones (excluding diaryl/α,β-unsaturated/α-hetero) is 1. The molecule has 2 aromatic heterocycles. The van der Waals surface area contributed by atoms with Gasteiger partial charge in [0.25, 0.3) is 0 Å². The Morgan fingerprint density at radius 3 is 2.39 bits per heavy atom. The van der Waals surface area contributed by atoms with Gasteiger partial charge in [-0.15, -0.1) is 10.2 Å². The summed E-state index contributed by atoms with van der Waals surface area (Å²) in [7, 11) is 0. The normalized spacial score (nSPS) is 15.6. The van der Waals surface area contributed by atoms with Crippen LogP contribution in [0.15, 0.2) is 42.6 Å². The quantitative estimate of drug-likeness (QED) is 0.393. The number of pyridine rings is 1. The molecule has 4 rings (SSSR count). The van der Waals surface area contributed by atoms with E-state index in [1.54, 1.807) is 0 Å². The Balaban J connectivity index is 1.29. The number of likely N-dealkylation sites (tertiary alicyclic amines) is 1. The first-order valence-electron chi connectivity index (χ1n) is 10.6. The first-order valence-corrected chi connectivity index (χ1v) is 10.6. The average Bonchev–Trinajstić information content (AvgIpc) is 3.28. The molecular weight excluding hydrogens is 440 g/mol. The number of piperidine rings is 1. The lowest BCUT2D eigenvalue weighted by atomic mass is 9.90. The average molecular weight is 462 g/mol. The Morgan fingerprint density at radius 1 is 1.06 bits per heavy atom. The molecule has 0 saturated carbocycles. The molecule has 0 aliphatic carbocycles. The zero-order valence-corrected chi connectivity index (χ0v) is 17.7. The van der Waals surface area contributed by atoms with E-state index >= 15 is 0 Å². The van der Waals surface area contributed by atoms with Crippen molar-refractivity contribution in [3.8, 4) is 11.4 Å². The second-order valence-electron chi connectivity index (χ2n) is 7.94. The van der Waals surface area contributed by atoms with Gasteiger partial charge in [-0.2, -0.15) is 18.0 Å². The van der Waals surface area contributed by atoms with Crippen LogP contribution in [0.1, 0.15) is 34.5 Å². The molecule has 0 unspecified atom stereocenters. The third-order valence-electron chi connectivity index (χ3n) is 5.66. The van der Waals surface area contributed by atoms with Crippen LogP contribution in [0.25, 0.3) is 11.4 Å². The number of hydrogen-bond donors (Lipinski definition) is 0. The van der Waals surface area contributed by atoms with Gasteiger partial charge < -0.3 is 0 Å². The molecule has 11 heteroatoms. The van der Waals surface area contributed by atoms with Gasteiger partial charge in [-0.3, -0.25) is 14.7 Å². The molecule has 3 aromatic rings. The Morgan fingerprint density at radius 2 is 1.79 bits per heavy atom. The number of halogens is 4. The van der Waals surface area contributed by atoms with Crippen LogP contribution in [-0.4, -0.2) is 55.6 Å². The van der Waals surface area contributed by atoms with Crippen molar-refractivity contribution >= 4 is 5.78 Å². The van der Waals surface area contributed by atoms with Crippen molar-refractivity contribution in [2.45, 2.75) is 32.1 Å². The van der Waals surface area contributed by atoms with E-state index < -0.39 is 18.4 Å². The monoisotopic (exact) mass is 462 g/mol. The molecule has 7 nitrogen and oxygen atoms in total. The fraction of sp³-hybridized carbons (Fsp3) is 0.409. The highest BCUT2D eigenvalue weighted by Crippen LogP contribution is 2.29. The molecule has 0 radical (unpaired) electrons. The summed E-state index contributed by atoms with van der Waals surface area (Å²) in [5.74, 6) is -0.0156. The summed E-state index contributed by atoms with van der Waals surface area (Å²) in [6, 6.07) is 9.76. The van der Waals surface area contributed by atoms with E-state index in [1.807, 2.05) is 24.3 Å². The Hall–Kier alpha value is -3.21. The Bertz CT molecular complexity index is 1070. The first kappa shape index (κ1) is 23.0. The summed E-state index contributed by atoms with van der Waals surface area (Å²) in [6.45, 7) is 1.63. The Labute approximate surface area is 187 Å². The van der Waals surface area contributed by atoms with Crippen LogP contribution in [0.2, 0.25) is 0 Å². The number of hydrogen-bond acceptors (Lipinski definition) is 6. The van der Waals surface area contributed by atoms with Crippen LogP contribution in [-0.2, 0) is 19.3 Å². The minimum atomic E-state index is -4.47. The van der Waals surface area contributed by atoms with Crippen molar-refractivity contribution in [2.24, 2.45) is 5.92 Å². The Kier molecular flexibility index (Phi) is 6.77. The number of tetrazole rings is 1. The largest absolute Gasteiger partial charge is 0.417 e. The summed E-state index contributed by atoms with van der Waals surface area (Å²) in [5.41, 5.74) is 1.09. The fourth-order valence-electron chi connectivity index (χ4n) is 3.82. The molecule has 1 saturated heterocycles. The molecule has 0 amide bonds. The third kappa shape index (κ3) is 5.59.